The molecule has 0 saturated heterocycles. The molecule has 1 aromatic heterocycles. The summed E-state index contributed by atoms with van der Waals surface area (Å²) in [4.78, 5) is 24.6. The first-order valence-electron chi connectivity index (χ1n) is 11.5. The van der Waals surface area contributed by atoms with Crippen LogP contribution in [-0.2, 0) is 11.2 Å². The molecule has 162 valence electrons. The van der Waals surface area contributed by atoms with Crippen LogP contribution in [0.25, 0.3) is 10.9 Å². The molecular formula is C26H32N4O. The first kappa shape index (κ1) is 21.3. The highest BCUT2D eigenvalue weighted by Gasteiger charge is 2.28. The maximum atomic E-state index is 12.5. The van der Waals surface area contributed by atoms with E-state index >= 15 is 0 Å². The average molecular weight is 417 g/mol. The van der Waals surface area contributed by atoms with Gasteiger partial charge < -0.3 is 10.2 Å². The molecule has 1 saturated carbocycles. The van der Waals surface area contributed by atoms with Crippen LogP contribution in [0.15, 0.2) is 54.6 Å². The average Bonchev–Trinajstić information content (AvgIpc) is 3.65. The smallest absolute Gasteiger partial charge is 0.221 e. The summed E-state index contributed by atoms with van der Waals surface area (Å²) in [5.41, 5.74) is 2.28. The molecule has 1 aliphatic rings. The second kappa shape index (κ2) is 9.90. The number of amides is 1. The van der Waals surface area contributed by atoms with Gasteiger partial charge in [-0.25, -0.2) is 9.97 Å². The van der Waals surface area contributed by atoms with Crippen LogP contribution in [0.2, 0.25) is 0 Å². The van der Waals surface area contributed by atoms with Crippen molar-refractivity contribution in [2.24, 2.45) is 0 Å². The quantitative estimate of drug-likeness (QED) is 0.513. The first-order valence-corrected chi connectivity index (χ1v) is 11.5. The fraction of sp³-hybridized carbons (Fsp3) is 0.423. The minimum Gasteiger partial charge on any atom is -0.355 e. The second-order valence-corrected chi connectivity index (χ2v) is 8.55. The Morgan fingerprint density at radius 3 is 2.55 bits per heavy atom. The summed E-state index contributed by atoms with van der Waals surface area (Å²) in [6, 6.07) is 18.9. The zero-order chi connectivity index (χ0) is 21.6. The number of carbonyl (C=O) groups is 1. The number of nitrogens with one attached hydrogen (secondary N) is 1. The lowest BCUT2D eigenvalue weighted by molar-refractivity contribution is -0.121. The van der Waals surface area contributed by atoms with Gasteiger partial charge in [-0.05, 0) is 50.3 Å². The summed E-state index contributed by atoms with van der Waals surface area (Å²) in [5.74, 6) is 2.48. The van der Waals surface area contributed by atoms with E-state index in [9.17, 15) is 4.79 Å². The van der Waals surface area contributed by atoms with Crippen molar-refractivity contribution < 1.29 is 4.79 Å². The highest BCUT2D eigenvalue weighted by molar-refractivity contribution is 5.90. The predicted molar refractivity (Wildman–Crippen MR) is 126 cm³/mol. The third-order valence-corrected chi connectivity index (χ3v) is 5.98. The number of aromatic nitrogens is 2. The van der Waals surface area contributed by atoms with E-state index in [1.165, 1.54) is 18.4 Å². The zero-order valence-corrected chi connectivity index (χ0v) is 18.6. The molecule has 5 nitrogen and oxygen atoms in total. The largest absolute Gasteiger partial charge is 0.355 e. The summed E-state index contributed by atoms with van der Waals surface area (Å²) >= 11 is 0. The molecule has 0 spiro atoms. The molecule has 31 heavy (non-hydrogen) atoms. The minimum absolute atomic E-state index is 0.0971. The summed E-state index contributed by atoms with van der Waals surface area (Å²) in [6.07, 6.45) is 4.63. The van der Waals surface area contributed by atoms with Gasteiger partial charge in [-0.3, -0.25) is 4.79 Å². The molecule has 1 aliphatic carbocycles. The molecule has 1 fully saturated rings. The molecule has 0 aliphatic heterocycles. The van der Waals surface area contributed by atoms with Crippen molar-refractivity contribution in [2.45, 2.75) is 57.9 Å². The maximum Gasteiger partial charge on any atom is 0.221 e. The normalized spacial score (nSPS) is 14.4. The number of rotatable bonds is 10. The van der Waals surface area contributed by atoms with Crippen LogP contribution in [0, 0.1) is 0 Å². The molecule has 5 heteroatoms. The van der Waals surface area contributed by atoms with Gasteiger partial charge in [-0.1, -0.05) is 49.4 Å². The number of para-hydroxylation sites is 1. The summed E-state index contributed by atoms with van der Waals surface area (Å²) < 4.78 is 0. The van der Waals surface area contributed by atoms with Crippen molar-refractivity contribution in [3.63, 3.8) is 0 Å². The van der Waals surface area contributed by atoms with Gasteiger partial charge in [-0.2, -0.15) is 0 Å². The van der Waals surface area contributed by atoms with Crippen LogP contribution in [-0.4, -0.2) is 35.0 Å². The number of carbonyl (C=O) groups excluding carboxylic acids is 1. The molecule has 1 heterocycles. The minimum atomic E-state index is 0.0971. The number of benzene rings is 2. The van der Waals surface area contributed by atoms with Gasteiger partial charge in [0.2, 0.25) is 5.91 Å². The first-order chi connectivity index (χ1) is 15.1. The molecule has 0 radical (unpaired) electrons. The van der Waals surface area contributed by atoms with Crippen molar-refractivity contribution >= 4 is 22.6 Å². The van der Waals surface area contributed by atoms with Crippen LogP contribution in [0.1, 0.15) is 56.8 Å². The van der Waals surface area contributed by atoms with E-state index < -0.39 is 0 Å². The number of fused-ring (bicyclic) bond motifs is 1. The van der Waals surface area contributed by atoms with Gasteiger partial charge in [0.15, 0.2) is 0 Å². The Balaban J connectivity index is 1.60. The highest BCUT2D eigenvalue weighted by Crippen LogP contribution is 2.39. The Bertz CT molecular complexity index is 1020. The van der Waals surface area contributed by atoms with Gasteiger partial charge in [-0.15, -0.1) is 0 Å². The van der Waals surface area contributed by atoms with Crippen molar-refractivity contribution in [1.29, 1.82) is 0 Å². The Kier molecular flexibility index (Phi) is 6.80. The molecule has 0 bridgehead atoms. The van der Waals surface area contributed by atoms with Crippen LogP contribution < -0.4 is 10.2 Å². The number of hydrogen-bond acceptors (Lipinski definition) is 4. The predicted octanol–water partition coefficient (Wildman–Crippen LogP) is 4.86. The molecule has 0 unspecified atom stereocenters. The number of anilines is 1. The van der Waals surface area contributed by atoms with E-state index in [-0.39, 0.29) is 11.9 Å². The number of nitrogens with zero attached hydrogens (tertiary/aromatic N) is 3. The Labute approximate surface area is 184 Å². The SMILES string of the molecule is CC[C@@H](C)NC(=O)CCN(CCc1ccccc1)c1nc(C2CC2)nc2ccccc12. The third kappa shape index (κ3) is 5.60. The molecule has 2 aromatic carbocycles. The van der Waals surface area contributed by atoms with E-state index in [1.54, 1.807) is 0 Å². The van der Waals surface area contributed by atoms with E-state index in [0.29, 0.717) is 18.9 Å². The Morgan fingerprint density at radius 2 is 1.81 bits per heavy atom. The monoisotopic (exact) mass is 416 g/mol. The lowest BCUT2D eigenvalue weighted by atomic mass is 10.1. The van der Waals surface area contributed by atoms with Gasteiger partial charge in [0.25, 0.3) is 0 Å². The van der Waals surface area contributed by atoms with Gasteiger partial charge in [0.05, 0.1) is 5.52 Å². The fourth-order valence-corrected chi connectivity index (χ4v) is 3.76. The van der Waals surface area contributed by atoms with E-state index in [1.807, 2.05) is 25.1 Å². The van der Waals surface area contributed by atoms with Crippen molar-refractivity contribution in [3.05, 3.63) is 66.0 Å². The molecule has 3 aromatic rings. The van der Waals surface area contributed by atoms with Gasteiger partial charge in [0, 0.05) is 36.9 Å². The Morgan fingerprint density at radius 1 is 1.06 bits per heavy atom. The van der Waals surface area contributed by atoms with E-state index in [4.69, 9.17) is 9.97 Å². The van der Waals surface area contributed by atoms with E-state index in [2.05, 4.69) is 53.5 Å². The third-order valence-electron chi connectivity index (χ3n) is 5.98. The lowest BCUT2D eigenvalue weighted by Crippen LogP contribution is -2.36. The second-order valence-electron chi connectivity index (χ2n) is 8.55. The summed E-state index contributed by atoms with van der Waals surface area (Å²) in [5, 5.41) is 4.15. The van der Waals surface area contributed by atoms with Gasteiger partial charge in [0.1, 0.15) is 11.6 Å². The van der Waals surface area contributed by atoms with Gasteiger partial charge >= 0.3 is 0 Å². The van der Waals surface area contributed by atoms with Crippen LogP contribution in [0.3, 0.4) is 0 Å². The van der Waals surface area contributed by atoms with Crippen LogP contribution in [0.5, 0.6) is 0 Å². The Hall–Kier alpha value is -2.95. The van der Waals surface area contributed by atoms with Crippen molar-refractivity contribution in [3.8, 4) is 0 Å². The van der Waals surface area contributed by atoms with Crippen molar-refractivity contribution in [1.82, 2.24) is 15.3 Å². The highest BCUT2D eigenvalue weighted by atomic mass is 16.1. The standard InChI is InChI=1S/C26H32N4O/c1-3-19(2)27-24(31)16-18-30(17-15-20-9-5-4-6-10-20)26-22-11-7-8-12-23(22)28-25(29-26)21-13-14-21/h4-12,19,21H,3,13-18H2,1-2H3,(H,27,31)/t19-/m1/s1. The van der Waals surface area contributed by atoms with Crippen molar-refractivity contribution in [2.75, 3.05) is 18.0 Å². The topological polar surface area (TPSA) is 58.1 Å². The number of hydrogen-bond donors (Lipinski definition) is 1. The molecule has 1 atom stereocenters. The molecule has 1 amide bonds. The zero-order valence-electron chi connectivity index (χ0n) is 18.6. The van der Waals surface area contributed by atoms with Crippen LogP contribution >= 0.6 is 0 Å². The van der Waals surface area contributed by atoms with Crippen LogP contribution in [0.4, 0.5) is 5.82 Å². The lowest BCUT2D eigenvalue weighted by Gasteiger charge is -2.26. The van der Waals surface area contributed by atoms with E-state index in [0.717, 1.165) is 41.9 Å². The fourth-order valence-electron chi connectivity index (χ4n) is 3.76. The maximum absolute atomic E-state index is 12.5. The summed E-state index contributed by atoms with van der Waals surface area (Å²) in [7, 11) is 0. The molecule has 4 rings (SSSR count). The summed E-state index contributed by atoms with van der Waals surface area (Å²) in [6.45, 7) is 5.58. The molecule has 1 N–H and O–H groups in total. The molecular weight excluding hydrogens is 384 g/mol.